The Balaban J connectivity index is 0.745. The minimum absolute atomic E-state index is 0.0400. The lowest BCUT2D eigenvalue weighted by Gasteiger charge is -2.39. The molecule has 4 fully saturated rings. The van der Waals surface area contributed by atoms with Gasteiger partial charge in [0.25, 0.3) is 17.4 Å². The van der Waals surface area contributed by atoms with E-state index >= 15 is 4.39 Å². The molecule has 10 rings (SSSR count). The third-order valence-electron chi connectivity index (χ3n) is 13.4. The van der Waals surface area contributed by atoms with E-state index in [2.05, 4.69) is 35.0 Å². The zero-order chi connectivity index (χ0) is 46.5. The first-order chi connectivity index (χ1) is 32.5. The second-order valence-corrected chi connectivity index (χ2v) is 17.4. The van der Waals surface area contributed by atoms with Crippen LogP contribution in [0.3, 0.4) is 0 Å². The molecular formula is C47H45F2N11O7. The van der Waals surface area contributed by atoms with E-state index < -0.39 is 47.2 Å². The summed E-state index contributed by atoms with van der Waals surface area (Å²) in [7, 11) is 1.44. The Morgan fingerprint density at radius 2 is 1.60 bits per heavy atom. The van der Waals surface area contributed by atoms with Gasteiger partial charge >= 0.3 is 0 Å². The molecular weight excluding hydrogens is 869 g/mol. The summed E-state index contributed by atoms with van der Waals surface area (Å²) >= 11 is 0. The summed E-state index contributed by atoms with van der Waals surface area (Å²) in [5, 5.41) is 12.4. The van der Waals surface area contributed by atoms with Crippen molar-refractivity contribution in [1.82, 2.24) is 34.6 Å². The number of hydrogen-bond acceptors (Lipinski definition) is 15. The van der Waals surface area contributed by atoms with Gasteiger partial charge in [-0.3, -0.25) is 43.7 Å². The molecule has 5 aliphatic heterocycles. The molecule has 2 atom stereocenters. The lowest BCUT2D eigenvalue weighted by atomic mass is 9.96. The van der Waals surface area contributed by atoms with Crippen LogP contribution in [0.15, 0.2) is 66.0 Å². The highest BCUT2D eigenvalue weighted by Crippen LogP contribution is 2.39. The SMILES string of the molecule is COc1cc(N2CCN(CC3CCN(c4ncc(-n5cnc6ccc(Oc7c(F)ccc(N8CC[C@@H](F)C8)c7C#N)cc6c5=O)cn4)CC3)CC2)cc2c1C(=O)N(C1CCC(=O)NC1=O)C2=O. The van der Waals surface area contributed by atoms with Gasteiger partial charge in [-0.1, -0.05) is 0 Å². The molecule has 67 heavy (non-hydrogen) atoms. The highest BCUT2D eigenvalue weighted by molar-refractivity contribution is 6.25. The van der Waals surface area contributed by atoms with Crippen molar-refractivity contribution in [2.24, 2.45) is 5.92 Å². The number of hydrogen-bond donors (Lipinski definition) is 1. The molecule has 3 aromatic carbocycles. The molecule has 0 aliphatic carbocycles. The minimum Gasteiger partial charge on any atom is -0.496 e. The Labute approximate surface area is 382 Å². The number of nitriles is 1. The summed E-state index contributed by atoms with van der Waals surface area (Å²) < 4.78 is 41.9. The van der Waals surface area contributed by atoms with Crippen LogP contribution >= 0.6 is 0 Å². The van der Waals surface area contributed by atoms with Gasteiger partial charge in [-0.05, 0) is 68.0 Å². The number of halogens is 2. The predicted octanol–water partition coefficient (Wildman–Crippen LogP) is 3.98. The van der Waals surface area contributed by atoms with Crippen LogP contribution in [0.5, 0.6) is 17.2 Å². The average Bonchev–Trinajstić information content (AvgIpc) is 3.88. The Kier molecular flexibility index (Phi) is 11.5. The number of carbonyl (C=O) groups excluding carboxylic acids is 4. The van der Waals surface area contributed by atoms with Gasteiger partial charge in [-0.2, -0.15) is 5.26 Å². The molecule has 1 unspecified atom stereocenters. The first kappa shape index (κ1) is 43.4. The molecule has 0 radical (unpaired) electrons. The largest absolute Gasteiger partial charge is 0.496 e. The Morgan fingerprint density at radius 3 is 2.30 bits per heavy atom. The summed E-state index contributed by atoms with van der Waals surface area (Å²) in [6.07, 6.45) is 5.79. The standard InChI is InChI=1S/C47H45F2N11O7/c1-66-39-19-29(18-33-41(39)46(65)60(45(33)64)38-6-7-40(61)54-43(38)62)56-16-14-55(15-17-56)24-27-8-11-57(12-9-27)47-51-22-30(23-52-47)59-26-53-36-4-2-31(20-32(36)44(59)63)67-42-34(21-50)37(5-3-35(42)49)58-13-10-28(48)25-58/h2-5,18-20,22-23,26-28,38H,6-17,24-25H2,1H3,(H,54,61,62)/t28-,38?/m1/s1. The summed E-state index contributed by atoms with van der Waals surface area (Å²) in [5.41, 5.74) is 1.75. The average molecular weight is 914 g/mol. The van der Waals surface area contributed by atoms with Gasteiger partial charge in [0.05, 0.1) is 52.9 Å². The van der Waals surface area contributed by atoms with Crippen LogP contribution in [0.25, 0.3) is 16.6 Å². The molecule has 4 amide bonds. The molecule has 4 saturated heterocycles. The molecule has 0 spiro atoms. The Bertz CT molecular complexity index is 2930. The zero-order valence-electron chi connectivity index (χ0n) is 36.5. The fourth-order valence-electron chi connectivity index (χ4n) is 9.78. The molecule has 1 N–H and O–H groups in total. The van der Waals surface area contributed by atoms with Gasteiger partial charge < -0.3 is 24.2 Å². The zero-order valence-corrected chi connectivity index (χ0v) is 36.5. The maximum absolute atomic E-state index is 15.1. The molecule has 2 aromatic heterocycles. The quantitative estimate of drug-likeness (QED) is 0.197. The van der Waals surface area contributed by atoms with E-state index in [0.29, 0.717) is 54.8 Å². The van der Waals surface area contributed by atoms with Crippen molar-refractivity contribution < 1.29 is 37.4 Å². The number of amides is 4. The van der Waals surface area contributed by atoms with Crippen molar-refractivity contribution in [3.05, 3.63) is 94.0 Å². The number of anilines is 3. The number of imide groups is 2. The number of methoxy groups -OCH3 is 1. The molecule has 5 aromatic rings. The summed E-state index contributed by atoms with van der Waals surface area (Å²) in [6.45, 7) is 5.92. The van der Waals surface area contributed by atoms with Gasteiger partial charge in [0.15, 0.2) is 11.6 Å². The third-order valence-corrected chi connectivity index (χ3v) is 13.4. The normalized spacial score (nSPS) is 20.4. The lowest BCUT2D eigenvalue weighted by Crippen LogP contribution is -2.54. The van der Waals surface area contributed by atoms with E-state index in [9.17, 15) is 33.6 Å². The van der Waals surface area contributed by atoms with E-state index in [1.54, 1.807) is 35.5 Å². The number of benzene rings is 3. The molecule has 5 aliphatic rings. The second-order valence-electron chi connectivity index (χ2n) is 17.4. The highest BCUT2D eigenvalue weighted by Gasteiger charge is 2.46. The van der Waals surface area contributed by atoms with Crippen molar-refractivity contribution in [2.45, 2.75) is 44.3 Å². The number of ether oxygens (including phenoxy) is 2. The monoisotopic (exact) mass is 913 g/mol. The number of carbonyl (C=O) groups is 4. The van der Waals surface area contributed by atoms with E-state index in [0.717, 1.165) is 56.2 Å². The van der Waals surface area contributed by atoms with Crippen LogP contribution in [0.1, 0.15) is 58.4 Å². The van der Waals surface area contributed by atoms with E-state index in [4.69, 9.17) is 9.47 Å². The second kappa shape index (κ2) is 17.7. The Morgan fingerprint density at radius 1 is 0.836 bits per heavy atom. The molecule has 20 heteroatoms. The molecule has 18 nitrogen and oxygen atoms in total. The number of nitrogens with one attached hydrogen (secondary N) is 1. The maximum atomic E-state index is 15.1. The first-order valence-electron chi connectivity index (χ1n) is 22.3. The van der Waals surface area contributed by atoms with Gasteiger partial charge in [0.1, 0.15) is 41.7 Å². The summed E-state index contributed by atoms with van der Waals surface area (Å²) in [4.78, 5) is 88.2. The van der Waals surface area contributed by atoms with Crippen LogP contribution in [-0.4, -0.2) is 131 Å². The van der Waals surface area contributed by atoms with Crippen molar-refractivity contribution in [1.29, 1.82) is 5.26 Å². The number of alkyl halides is 1. The van der Waals surface area contributed by atoms with Crippen LogP contribution in [-0.2, 0) is 9.59 Å². The highest BCUT2D eigenvalue weighted by atomic mass is 19.1. The lowest BCUT2D eigenvalue weighted by molar-refractivity contribution is -0.136. The van der Waals surface area contributed by atoms with Gasteiger partial charge in [0, 0.05) is 77.1 Å². The van der Waals surface area contributed by atoms with Gasteiger partial charge in [0.2, 0.25) is 17.8 Å². The maximum Gasteiger partial charge on any atom is 0.266 e. The van der Waals surface area contributed by atoms with Crippen molar-refractivity contribution in [2.75, 3.05) is 80.7 Å². The van der Waals surface area contributed by atoms with E-state index in [-0.39, 0.29) is 58.7 Å². The van der Waals surface area contributed by atoms with E-state index in [1.807, 2.05) is 6.07 Å². The smallest absolute Gasteiger partial charge is 0.266 e. The fourth-order valence-corrected chi connectivity index (χ4v) is 9.78. The van der Waals surface area contributed by atoms with Crippen molar-refractivity contribution in [3.63, 3.8) is 0 Å². The van der Waals surface area contributed by atoms with Crippen LogP contribution in [0, 0.1) is 23.1 Å². The minimum atomic E-state index is -1.06. The number of piperidine rings is 2. The predicted molar refractivity (Wildman–Crippen MR) is 239 cm³/mol. The number of rotatable bonds is 10. The number of nitrogens with zero attached hydrogens (tertiary/aromatic N) is 10. The molecule has 7 heterocycles. The topological polar surface area (TPSA) is 199 Å². The number of fused-ring (bicyclic) bond motifs is 2. The third kappa shape index (κ3) is 8.13. The molecule has 0 saturated carbocycles. The van der Waals surface area contributed by atoms with Crippen LogP contribution < -0.4 is 35.0 Å². The first-order valence-corrected chi connectivity index (χ1v) is 22.3. The molecule has 0 bridgehead atoms. The van der Waals surface area contributed by atoms with Crippen LogP contribution in [0.4, 0.5) is 26.1 Å². The Hall–Kier alpha value is -7.53. The number of aromatic nitrogens is 4. The van der Waals surface area contributed by atoms with Crippen LogP contribution in [0.2, 0.25) is 0 Å². The van der Waals surface area contributed by atoms with Crippen molar-refractivity contribution >= 4 is 51.9 Å². The van der Waals surface area contributed by atoms with Crippen molar-refractivity contribution in [3.8, 4) is 29.0 Å². The summed E-state index contributed by atoms with van der Waals surface area (Å²) in [5.74, 6) is -1.95. The fraction of sp³-hybridized carbons (Fsp3) is 0.383. The van der Waals surface area contributed by atoms with Gasteiger partial charge in [-0.15, -0.1) is 0 Å². The van der Waals surface area contributed by atoms with E-state index in [1.165, 1.54) is 42.3 Å². The number of piperazine rings is 1. The summed E-state index contributed by atoms with van der Waals surface area (Å²) in [6, 6.07) is 11.6. The van der Waals surface area contributed by atoms with Gasteiger partial charge in [-0.25, -0.2) is 23.7 Å². The molecule has 344 valence electrons.